The number of aromatic nitrogens is 2. The highest BCUT2D eigenvalue weighted by molar-refractivity contribution is 5.96. The van der Waals surface area contributed by atoms with Gasteiger partial charge in [-0.05, 0) is 17.5 Å². The van der Waals surface area contributed by atoms with Gasteiger partial charge in [-0.25, -0.2) is 9.59 Å². The van der Waals surface area contributed by atoms with Crippen LogP contribution in [0.5, 0.6) is 0 Å². The number of fused-ring (bicyclic) bond motifs is 1. The maximum atomic E-state index is 12.9. The van der Waals surface area contributed by atoms with Gasteiger partial charge < -0.3 is 10.1 Å². The lowest BCUT2D eigenvalue weighted by Crippen LogP contribution is -2.43. The summed E-state index contributed by atoms with van der Waals surface area (Å²) in [5, 5.41) is 3.07. The molecule has 26 heavy (non-hydrogen) atoms. The first kappa shape index (κ1) is 16.4. The van der Waals surface area contributed by atoms with Crippen LogP contribution in [-0.4, -0.2) is 21.7 Å². The average molecular weight is 353 g/mol. The summed E-state index contributed by atoms with van der Waals surface area (Å²) in [5.41, 5.74) is 2.60. The first-order chi connectivity index (χ1) is 12.4. The Morgan fingerprint density at radius 3 is 2.46 bits per heavy atom. The van der Waals surface area contributed by atoms with Crippen molar-refractivity contribution in [3.05, 3.63) is 73.1 Å². The molecule has 1 N–H and O–H groups in total. The van der Waals surface area contributed by atoms with Crippen LogP contribution in [0.3, 0.4) is 0 Å². The fourth-order valence-corrected chi connectivity index (χ4v) is 3.66. The Kier molecular flexibility index (Phi) is 3.61. The van der Waals surface area contributed by atoms with Crippen LogP contribution in [0.15, 0.2) is 45.1 Å². The van der Waals surface area contributed by atoms with Crippen molar-refractivity contribution >= 4 is 11.8 Å². The van der Waals surface area contributed by atoms with Gasteiger partial charge in [-0.15, -0.1) is 0 Å². The second-order valence-electron chi connectivity index (χ2n) is 6.59. The zero-order valence-corrected chi connectivity index (χ0v) is 14.8. The topological polar surface area (TPSA) is 82.3 Å². The van der Waals surface area contributed by atoms with E-state index in [4.69, 9.17) is 4.74 Å². The van der Waals surface area contributed by atoms with Gasteiger partial charge in [-0.2, -0.15) is 0 Å². The molecule has 0 bridgehead atoms. The summed E-state index contributed by atoms with van der Waals surface area (Å²) in [6.07, 6.45) is 0.898. The summed E-state index contributed by atoms with van der Waals surface area (Å²) in [5.74, 6) is -0.578. The molecule has 0 aliphatic carbocycles. The summed E-state index contributed by atoms with van der Waals surface area (Å²) in [6.45, 7) is 2.18. The Morgan fingerprint density at radius 1 is 1.12 bits per heavy atom. The van der Waals surface area contributed by atoms with Crippen molar-refractivity contribution in [1.82, 2.24) is 9.13 Å². The molecule has 0 saturated carbocycles. The number of hydrogen-bond donors (Lipinski definition) is 1. The van der Waals surface area contributed by atoms with E-state index >= 15 is 0 Å². The number of carbonyl (C=O) groups excluding carboxylic acids is 1. The zero-order valence-electron chi connectivity index (χ0n) is 14.8. The second-order valence-corrected chi connectivity index (χ2v) is 6.59. The molecule has 0 amide bonds. The molecular formula is C19H19N3O4. The summed E-state index contributed by atoms with van der Waals surface area (Å²) in [7, 11) is 3.05. The normalized spacial score (nSPS) is 18.3. The van der Waals surface area contributed by atoms with Crippen molar-refractivity contribution < 1.29 is 9.53 Å². The molecule has 0 fully saturated rings. The van der Waals surface area contributed by atoms with E-state index in [0.29, 0.717) is 22.7 Å². The van der Waals surface area contributed by atoms with Crippen molar-refractivity contribution in [2.24, 2.45) is 14.1 Å². The number of rotatable bonds is 2. The van der Waals surface area contributed by atoms with Gasteiger partial charge >= 0.3 is 11.7 Å². The summed E-state index contributed by atoms with van der Waals surface area (Å²) in [4.78, 5) is 37.6. The van der Waals surface area contributed by atoms with E-state index in [0.717, 1.165) is 16.6 Å². The molecule has 134 valence electrons. The first-order valence-electron chi connectivity index (χ1n) is 8.50. The summed E-state index contributed by atoms with van der Waals surface area (Å²) >= 11 is 0. The van der Waals surface area contributed by atoms with E-state index in [1.54, 1.807) is 7.05 Å². The molecule has 4 rings (SSSR count). The number of aryl methyl sites for hydroxylation is 1. The zero-order chi connectivity index (χ0) is 18.6. The van der Waals surface area contributed by atoms with Crippen LogP contribution < -0.4 is 16.6 Å². The third-order valence-corrected chi connectivity index (χ3v) is 5.16. The van der Waals surface area contributed by atoms with Gasteiger partial charge in [-0.3, -0.25) is 13.9 Å². The van der Waals surface area contributed by atoms with Gasteiger partial charge in [0.15, 0.2) is 0 Å². The van der Waals surface area contributed by atoms with E-state index in [2.05, 4.69) is 12.2 Å². The van der Waals surface area contributed by atoms with Crippen LogP contribution in [0.4, 0.5) is 5.82 Å². The first-order valence-corrected chi connectivity index (χ1v) is 8.50. The minimum atomic E-state index is -0.562. The quantitative estimate of drug-likeness (QED) is 0.815. The van der Waals surface area contributed by atoms with E-state index in [-0.39, 0.29) is 6.61 Å². The highest BCUT2D eigenvalue weighted by Crippen LogP contribution is 2.42. The van der Waals surface area contributed by atoms with Crippen LogP contribution in [0.25, 0.3) is 0 Å². The number of nitrogens with zero attached hydrogens (tertiary/aromatic N) is 2. The molecular weight excluding hydrogens is 334 g/mol. The van der Waals surface area contributed by atoms with Gasteiger partial charge in [-0.1, -0.05) is 31.2 Å². The van der Waals surface area contributed by atoms with Gasteiger partial charge in [0.25, 0.3) is 5.56 Å². The number of benzene rings is 1. The van der Waals surface area contributed by atoms with Gasteiger partial charge in [0, 0.05) is 14.1 Å². The molecule has 1 aromatic carbocycles. The van der Waals surface area contributed by atoms with E-state index in [1.807, 2.05) is 24.3 Å². The molecule has 3 heterocycles. The van der Waals surface area contributed by atoms with E-state index in [9.17, 15) is 14.4 Å². The highest BCUT2D eigenvalue weighted by atomic mass is 16.5. The molecule has 2 aromatic rings. The number of carbonyl (C=O) groups is 1. The summed E-state index contributed by atoms with van der Waals surface area (Å²) < 4.78 is 7.66. The SMILES string of the molecule is CCc1ccc([C@H]2C3=C(COC3=O)Nc3c2c(=O)n(C)c(=O)n3C)cc1. The number of anilines is 1. The Morgan fingerprint density at radius 2 is 1.81 bits per heavy atom. The second kappa shape index (κ2) is 5.72. The molecule has 1 atom stereocenters. The molecule has 0 spiro atoms. The molecule has 7 heteroatoms. The van der Waals surface area contributed by atoms with Crippen LogP contribution >= 0.6 is 0 Å². The Hall–Kier alpha value is -3.09. The van der Waals surface area contributed by atoms with Gasteiger partial charge in [0.1, 0.15) is 12.4 Å². The van der Waals surface area contributed by atoms with Crippen LogP contribution in [-0.2, 0) is 30.0 Å². The van der Waals surface area contributed by atoms with Crippen molar-refractivity contribution in [3.8, 4) is 0 Å². The average Bonchev–Trinajstić information content (AvgIpc) is 3.04. The molecule has 0 radical (unpaired) electrons. The lowest BCUT2D eigenvalue weighted by atomic mass is 9.82. The standard InChI is InChI=1S/C19H19N3O4/c1-4-10-5-7-11(8-6-10)13-14-12(9-26-18(14)24)20-16-15(13)17(23)22(3)19(25)21(16)2/h5-8,13,20H,4,9H2,1-3H3/t13-/m0/s1. The fourth-order valence-electron chi connectivity index (χ4n) is 3.66. The number of nitrogens with one attached hydrogen (secondary N) is 1. The molecule has 1 aromatic heterocycles. The Labute approximate surface area is 149 Å². The number of ether oxygens (including phenoxy) is 1. The monoisotopic (exact) mass is 353 g/mol. The predicted octanol–water partition coefficient (Wildman–Crippen LogP) is 1.01. The minimum absolute atomic E-state index is 0.112. The van der Waals surface area contributed by atoms with E-state index < -0.39 is 23.1 Å². The molecule has 2 aliphatic heterocycles. The molecule has 0 unspecified atom stereocenters. The lowest BCUT2D eigenvalue weighted by Gasteiger charge is -2.28. The molecule has 0 saturated heterocycles. The van der Waals surface area contributed by atoms with Crippen molar-refractivity contribution in [2.45, 2.75) is 19.3 Å². The third kappa shape index (κ3) is 2.16. The van der Waals surface area contributed by atoms with Crippen molar-refractivity contribution in [2.75, 3.05) is 11.9 Å². The lowest BCUT2D eigenvalue weighted by molar-refractivity contribution is -0.136. The van der Waals surface area contributed by atoms with Gasteiger partial charge in [0.05, 0.1) is 22.8 Å². The molecule has 2 aliphatic rings. The maximum absolute atomic E-state index is 12.9. The number of cyclic esters (lactones) is 1. The van der Waals surface area contributed by atoms with Crippen molar-refractivity contribution in [1.29, 1.82) is 0 Å². The van der Waals surface area contributed by atoms with Crippen LogP contribution in [0.1, 0.15) is 29.5 Å². The smallest absolute Gasteiger partial charge is 0.337 e. The number of esters is 1. The van der Waals surface area contributed by atoms with Gasteiger partial charge in [0.2, 0.25) is 0 Å². The van der Waals surface area contributed by atoms with Crippen molar-refractivity contribution in [3.63, 3.8) is 0 Å². The highest BCUT2D eigenvalue weighted by Gasteiger charge is 2.41. The van der Waals surface area contributed by atoms with Crippen LogP contribution in [0.2, 0.25) is 0 Å². The largest absolute Gasteiger partial charge is 0.456 e. The maximum Gasteiger partial charge on any atom is 0.337 e. The third-order valence-electron chi connectivity index (χ3n) is 5.16. The van der Waals surface area contributed by atoms with Crippen LogP contribution in [0, 0.1) is 0 Å². The number of hydrogen-bond acceptors (Lipinski definition) is 5. The Balaban J connectivity index is 2.03. The minimum Gasteiger partial charge on any atom is -0.456 e. The Bertz CT molecular complexity index is 1070. The fraction of sp³-hybridized carbons (Fsp3) is 0.316. The van der Waals surface area contributed by atoms with E-state index in [1.165, 1.54) is 17.2 Å². The molecule has 7 nitrogen and oxygen atoms in total. The predicted molar refractivity (Wildman–Crippen MR) is 96.2 cm³/mol. The summed E-state index contributed by atoms with van der Waals surface area (Å²) in [6, 6.07) is 7.84.